The molecule has 0 saturated carbocycles. The van der Waals surface area contributed by atoms with Crippen LogP contribution < -0.4 is 0 Å². The first kappa shape index (κ1) is 18.0. The van der Waals surface area contributed by atoms with Gasteiger partial charge in [-0.25, -0.2) is 0 Å². The van der Waals surface area contributed by atoms with Gasteiger partial charge in [0.1, 0.15) is 0 Å². The molecule has 1 atom stereocenters. The van der Waals surface area contributed by atoms with Crippen LogP contribution in [0.2, 0.25) is 0 Å². The largest absolute Gasteiger partial charge is 0.379 e. The van der Waals surface area contributed by atoms with E-state index in [0.717, 1.165) is 65.5 Å². The maximum Gasteiger partial charge on any atom is 0.0828 e. The quantitative estimate of drug-likeness (QED) is 0.913. The van der Waals surface area contributed by atoms with Gasteiger partial charge in [-0.3, -0.25) is 9.80 Å². The van der Waals surface area contributed by atoms with Crippen LogP contribution in [0.15, 0.2) is 18.2 Å². The topological polar surface area (TPSA) is 40.7 Å². The van der Waals surface area contributed by atoms with Gasteiger partial charge >= 0.3 is 0 Å². The number of para-hydroxylation sites is 1. The summed E-state index contributed by atoms with van der Waals surface area (Å²) < 4.78 is 11.6. The fourth-order valence-electron chi connectivity index (χ4n) is 4.21. The Morgan fingerprint density at radius 2 is 1.92 bits per heavy atom. The van der Waals surface area contributed by atoms with Crippen LogP contribution in [0, 0.1) is 13.8 Å². The molecule has 0 amide bonds. The Morgan fingerprint density at radius 1 is 1.08 bits per heavy atom. The molecule has 2 aliphatic rings. The summed E-state index contributed by atoms with van der Waals surface area (Å²) >= 11 is 0. The van der Waals surface area contributed by atoms with Crippen molar-refractivity contribution >= 4 is 10.9 Å². The summed E-state index contributed by atoms with van der Waals surface area (Å²) in [4.78, 5) is 8.65. The minimum atomic E-state index is 0.293. The summed E-state index contributed by atoms with van der Waals surface area (Å²) in [6, 6.07) is 6.68. The minimum absolute atomic E-state index is 0.293. The highest BCUT2D eigenvalue weighted by Gasteiger charge is 2.23. The number of ether oxygens (including phenoxy) is 2. The van der Waals surface area contributed by atoms with Crippen LogP contribution in [0.3, 0.4) is 0 Å². The molecule has 1 N–H and O–H groups in total. The summed E-state index contributed by atoms with van der Waals surface area (Å²) in [5.41, 5.74) is 5.34. The molecule has 0 unspecified atom stereocenters. The SMILES string of the molecule is Cc1[nH]c2c(CN3CCCO[C@H](CN4CCOCC4)C3)cccc2c1C. The zero-order valence-corrected chi connectivity index (χ0v) is 16.1. The van der Waals surface area contributed by atoms with Gasteiger partial charge in [0, 0.05) is 57.0 Å². The van der Waals surface area contributed by atoms with Gasteiger partial charge in [-0.15, -0.1) is 0 Å². The standard InChI is InChI=1S/C21H31N3O2/c1-16-17(2)22-21-18(5-3-6-20(16)21)13-24-7-4-10-26-19(15-24)14-23-8-11-25-12-9-23/h3,5-6,19,22H,4,7-15H2,1-2H3/t19-/m1/s1. The van der Waals surface area contributed by atoms with Gasteiger partial charge in [-0.1, -0.05) is 18.2 Å². The van der Waals surface area contributed by atoms with Gasteiger partial charge in [0.2, 0.25) is 0 Å². The second kappa shape index (κ2) is 8.09. The number of benzene rings is 1. The average Bonchev–Trinajstić information content (AvgIpc) is 2.82. The summed E-state index contributed by atoms with van der Waals surface area (Å²) in [6.45, 7) is 13.1. The van der Waals surface area contributed by atoms with Crippen molar-refractivity contribution < 1.29 is 9.47 Å². The van der Waals surface area contributed by atoms with Crippen LogP contribution in [-0.2, 0) is 16.0 Å². The molecule has 1 aromatic carbocycles. The van der Waals surface area contributed by atoms with Gasteiger partial charge in [-0.05, 0) is 31.4 Å². The van der Waals surface area contributed by atoms with Crippen molar-refractivity contribution in [1.29, 1.82) is 0 Å². The predicted octanol–water partition coefficient (Wildman–Crippen LogP) is 2.71. The number of H-pyrrole nitrogens is 1. The van der Waals surface area contributed by atoms with Crippen LogP contribution >= 0.6 is 0 Å². The Bertz CT molecular complexity index is 736. The van der Waals surface area contributed by atoms with E-state index in [1.165, 1.54) is 27.7 Å². The third-order valence-electron chi connectivity index (χ3n) is 5.82. The lowest BCUT2D eigenvalue weighted by Crippen LogP contribution is -2.44. The van der Waals surface area contributed by atoms with E-state index in [-0.39, 0.29) is 0 Å². The molecule has 0 aliphatic carbocycles. The molecule has 142 valence electrons. The molecule has 0 bridgehead atoms. The average molecular weight is 357 g/mol. The third-order valence-corrected chi connectivity index (χ3v) is 5.82. The third kappa shape index (κ3) is 3.96. The van der Waals surface area contributed by atoms with E-state index in [2.05, 4.69) is 46.8 Å². The fourth-order valence-corrected chi connectivity index (χ4v) is 4.21. The number of rotatable bonds is 4. The molecule has 2 fully saturated rings. The zero-order chi connectivity index (χ0) is 17.9. The molecule has 0 spiro atoms. The molecule has 2 saturated heterocycles. The Labute approximate surface area is 156 Å². The maximum absolute atomic E-state index is 6.15. The number of morpholine rings is 1. The number of hydrogen-bond donors (Lipinski definition) is 1. The van der Waals surface area contributed by atoms with Crippen LogP contribution in [0.5, 0.6) is 0 Å². The number of nitrogens with one attached hydrogen (secondary N) is 1. The highest BCUT2D eigenvalue weighted by atomic mass is 16.5. The number of hydrogen-bond acceptors (Lipinski definition) is 4. The number of aryl methyl sites for hydroxylation is 2. The zero-order valence-electron chi connectivity index (χ0n) is 16.1. The fraction of sp³-hybridized carbons (Fsp3) is 0.619. The van der Waals surface area contributed by atoms with Gasteiger partial charge in [0.15, 0.2) is 0 Å². The predicted molar refractivity (Wildman–Crippen MR) is 105 cm³/mol. The van der Waals surface area contributed by atoms with E-state index >= 15 is 0 Å². The van der Waals surface area contributed by atoms with Crippen molar-refractivity contribution in [1.82, 2.24) is 14.8 Å². The van der Waals surface area contributed by atoms with Crippen molar-refractivity contribution in [3.63, 3.8) is 0 Å². The van der Waals surface area contributed by atoms with Crippen LogP contribution in [-0.4, -0.2) is 73.4 Å². The molecular formula is C21H31N3O2. The summed E-state index contributed by atoms with van der Waals surface area (Å²) in [5, 5.41) is 1.36. The highest BCUT2D eigenvalue weighted by molar-refractivity contribution is 5.87. The number of aromatic amines is 1. The summed E-state index contributed by atoms with van der Waals surface area (Å²) in [5.74, 6) is 0. The van der Waals surface area contributed by atoms with Crippen molar-refractivity contribution in [2.24, 2.45) is 0 Å². The lowest BCUT2D eigenvalue weighted by atomic mass is 10.1. The molecule has 4 rings (SSSR count). The molecular weight excluding hydrogens is 326 g/mol. The second-order valence-electron chi connectivity index (χ2n) is 7.71. The van der Waals surface area contributed by atoms with Gasteiger partial charge in [0.05, 0.1) is 24.8 Å². The van der Waals surface area contributed by atoms with Crippen molar-refractivity contribution in [2.45, 2.75) is 32.9 Å². The molecule has 5 nitrogen and oxygen atoms in total. The van der Waals surface area contributed by atoms with E-state index in [1.807, 2.05) is 0 Å². The summed E-state index contributed by atoms with van der Waals surface area (Å²) in [7, 11) is 0. The second-order valence-corrected chi connectivity index (χ2v) is 7.71. The van der Waals surface area contributed by atoms with Crippen molar-refractivity contribution in [2.75, 3.05) is 52.5 Å². The maximum atomic E-state index is 6.15. The lowest BCUT2D eigenvalue weighted by Gasteiger charge is -2.31. The van der Waals surface area contributed by atoms with E-state index in [9.17, 15) is 0 Å². The van der Waals surface area contributed by atoms with Crippen molar-refractivity contribution in [3.8, 4) is 0 Å². The number of aromatic nitrogens is 1. The Morgan fingerprint density at radius 3 is 2.77 bits per heavy atom. The molecule has 26 heavy (non-hydrogen) atoms. The smallest absolute Gasteiger partial charge is 0.0828 e. The molecule has 5 heteroatoms. The Hall–Kier alpha value is -1.40. The molecule has 0 radical (unpaired) electrons. The molecule has 2 aliphatic heterocycles. The first-order valence-corrected chi connectivity index (χ1v) is 9.91. The molecule has 2 aromatic rings. The minimum Gasteiger partial charge on any atom is -0.379 e. The monoisotopic (exact) mass is 357 g/mol. The number of fused-ring (bicyclic) bond motifs is 1. The lowest BCUT2D eigenvalue weighted by molar-refractivity contribution is -0.0122. The van der Waals surface area contributed by atoms with E-state index in [0.29, 0.717) is 6.10 Å². The van der Waals surface area contributed by atoms with Gasteiger partial charge < -0.3 is 14.5 Å². The van der Waals surface area contributed by atoms with E-state index in [1.54, 1.807) is 0 Å². The Balaban J connectivity index is 1.46. The molecule has 3 heterocycles. The summed E-state index contributed by atoms with van der Waals surface area (Å²) in [6.07, 6.45) is 1.40. The number of nitrogens with zero attached hydrogens (tertiary/aromatic N) is 2. The molecule has 1 aromatic heterocycles. The van der Waals surface area contributed by atoms with E-state index in [4.69, 9.17) is 9.47 Å². The van der Waals surface area contributed by atoms with Gasteiger partial charge in [-0.2, -0.15) is 0 Å². The first-order chi connectivity index (χ1) is 12.7. The van der Waals surface area contributed by atoms with Gasteiger partial charge in [0.25, 0.3) is 0 Å². The highest BCUT2D eigenvalue weighted by Crippen LogP contribution is 2.25. The van der Waals surface area contributed by atoms with Crippen LogP contribution in [0.25, 0.3) is 10.9 Å². The van der Waals surface area contributed by atoms with Crippen molar-refractivity contribution in [3.05, 3.63) is 35.0 Å². The van der Waals surface area contributed by atoms with Crippen LogP contribution in [0.4, 0.5) is 0 Å². The van der Waals surface area contributed by atoms with Crippen LogP contribution in [0.1, 0.15) is 23.2 Å². The first-order valence-electron chi connectivity index (χ1n) is 9.91. The Kier molecular flexibility index (Phi) is 5.60. The normalized spacial score (nSPS) is 23.4. The van der Waals surface area contributed by atoms with E-state index < -0.39 is 0 Å².